The van der Waals surface area contributed by atoms with Crippen LogP contribution in [0.1, 0.15) is 36.3 Å². The molecule has 0 saturated heterocycles. The van der Waals surface area contributed by atoms with Gasteiger partial charge in [0.25, 0.3) is 0 Å². The molecule has 2 unspecified atom stereocenters. The minimum Gasteiger partial charge on any atom is -0.324 e. The second kappa shape index (κ2) is 8.47. The van der Waals surface area contributed by atoms with Gasteiger partial charge < -0.3 is 10.7 Å². The molecule has 150 valence electrons. The Morgan fingerprint density at radius 1 is 1.21 bits per heavy atom. The van der Waals surface area contributed by atoms with Crippen LogP contribution >= 0.6 is 23.4 Å². The number of aromatic nitrogens is 3. The lowest BCUT2D eigenvalue weighted by molar-refractivity contribution is -0.116. The third kappa shape index (κ3) is 4.11. The lowest BCUT2D eigenvalue weighted by atomic mass is 10.0. The molecule has 1 aromatic heterocycles. The van der Waals surface area contributed by atoms with Gasteiger partial charge in [-0.1, -0.05) is 72.2 Å². The summed E-state index contributed by atoms with van der Waals surface area (Å²) in [5.41, 5.74) is 6.28. The normalized spacial score (nSPS) is 18.0. The van der Waals surface area contributed by atoms with Crippen molar-refractivity contribution in [1.82, 2.24) is 14.9 Å². The number of para-hydroxylation sites is 1. The van der Waals surface area contributed by atoms with Crippen molar-refractivity contribution in [2.75, 3.05) is 10.7 Å². The average molecular weight is 428 g/mol. The largest absolute Gasteiger partial charge is 0.324 e. The fourth-order valence-corrected chi connectivity index (χ4v) is 4.56. The first kappa shape index (κ1) is 19.8. The van der Waals surface area contributed by atoms with Gasteiger partial charge in [-0.3, -0.25) is 4.79 Å². The zero-order chi connectivity index (χ0) is 20.4. The van der Waals surface area contributed by atoms with E-state index in [9.17, 15) is 4.79 Å². The van der Waals surface area contributed by atoms with Crippen LogP contribution in [-0.4, -0.2) is 26.0 Å². The van der Waals surface area contributed by atoms with Gasteiger partial charge in [0.05, 0.1) is 16.8 Å². The lowest BCUT2D eigenvalue weighted by Crippen LogP contribution is -2.41. The number of nitrogens with one attached hydrogen (secondary N) is 2. The predicted octanol–water partition coefficient (Wildman–Crippen LogP) is 4.59. The van der Waals surface area contributed by atoms with Crippen molar-refractivity contribution in [1.29, 1.82) is 0 Å². The topological polar surface area (TPSA) is 71.8 Å². The van der Waals surface area contributed by atoms with Crippen LogP contribution in [0.25, 0.3) is 0 Å². The molecule has 6 nitrogen and oxygen atoms in total. The van der Waals surface area contributed by atoms with Crippen molar-refractivity contribution in [2.45, 2.75) is 43.1 Å². The van der Waals surface area contributed by atoms with Gasteiger partial charge in [-0.15, -0.1) is 10.2 Å². The molecule has 2 heterocycles. The Hall–Kier alpha value is -2.51. The summed E-state index contributed by atoms with van der Waals surface area (Å²) < 4.78 is 1.91. The Balaban J connectivity index is 1.67. The van der Waals surface area contributed by atoms with Gasteiger partial charge in [0, 0.05) is 6.42 Å². The summed E-state index contributed by atoms with van der Waals surface area (Å²) in [4.78, 5) is 13.2. The Morgan fingerprint density at radius 2 is 1.97 bits per heavy atom. The summed E-state index contributed by atoms with van der Waals surface area (Å²) >= 11 is 7.65. The summed E-state index contributed by atoms with van der Waals surface area (Å²) in [6, 6.07) is 15.2. The quantitative estimate of drug-likeness (QED) is 0.623. The van der Waals surface area contributed by atoms with Crippen molar-refractivity contribution < 1.29 is 4.79 Å². The highest BCUT2D eigenvalue weighted by molar-refractivity contribution is 8.00. The molecular weight excluding hydrogens is 406 g/mol. The molecule has 1 aliphatic heterocycles. The second-order valence-electron chi connectivity index (χ2n) is 7.01. The third-order valence-electron chi connectivity index (χ3n) is 4.80. The Bertz CT molecular complexity index is 1020. The molecule has 4 rings (SSSR count). The maximum absolute atomic E-state index is 13.2. The fraction of sp³-hybridized carbons (Fsp3) is 0.286. The minimum absolute atomic E-state index is 0.132. The van der Waals surface area contributed by atoms with Crippen molar-refractivity contribution in [3.63, 3.8) is 0 Å². The van der Waals surface area contributed by atoms with E-state index in [4.69, 9.17) is 11.6 Å². The number of benzene rings is 2. The van der Waals surface area contributed by atoms with E-state index in [1.54, 1.807) is 12.1 Å². The van der Waals surface area contributed by atoms with Gasteiger partial charge in [0.1, 0.15) is 5.25 Å². The number of anilines is 1. The third-order valence-corrected chi connectivity index (χ3v) is 6.35. The number of hydrogen-bond acceptors (Lipinski definition) is 5. The van der Waals surface area contributed by atoms with Gasteiger partial charge in [-0.2, -0.15) is 0 Å². The van der Waals surface area contributed by atoms with E-state index in [-0.39, 0.29) is 11.9 Å². The van der Waals surface area contributed by atoms with Crippen molar-refractivity contribution in [2.24, 2.45) is 0 Å². The van der Waals surface area contributed by atoms with E-state index < -0.39 is 5.25 Å². The van der Waals surface area contributed by atoms with E-state index in [1.807, 2.05) is 23.7 Å². The summed E-state index contributed by atoms with van der Waals surface area (Å²) in [5.74, 6) is 0.740. The number of carbonyl (C=O) groups is 1. The van der Waals surface area contributed by atoms with Crippen LogP contribution in [-0.2, 0) is 11.2 Å². The molecule has 2 aromatic carbocycles. The predicted molar refractivity (Wildman–Crippen MR) is 117 cm³/mol. The highest BCUT2D eigenvalue weighted by Gasteiger charge is 2.37. The number of amides is 1. The zero-order valence-electron chi connectivity index (χ0n) is 16.2. The van der Waals surface area contributed by atoms with Gasteiger partial charge in [-0.05, 0) is 31.0 Å². The van der Waals surface area contributed by atoms with Crippen molar-refractivity contribution >= 4 is 35.0 Å². The van der Waals surface area contributed by atoms with E-state index in [2.05, 4.69) is 52.1 Å². The second-order valence-corrected chi connectivity index (χ2v) is 8.53. The fourth-order valence-electron chi connectivity index (χ4n) is 3.27. The van der Waals surface area contributed by atoms with Crippen LogP contribution in [0.4, 0.5) is 5.69 Å². The Kier molecular flexibility index (Phi) is 5.78. The summed E-state index contributed by atoms with van der Waals surface area (Å²) in [6.07, 6.45) is 1.79. The molecule has 0 bridgehead atoms. The number of rotatable bonds is 5. The molecule has 2 atom stereocenters. The molecule has 3 aromatic rings. The van der Waals surface area contributed by atoms with Crippen LogP contribution in [0.3, 0.4) is 0 Å². The first-order valence-electron chi connectivity index (χ1n) is 9.56. The SMILES string of the molecule is CCCc1nnc2n1NC(c1ccc(C)cc1)C(C(=O)Nc1ccccc1Cl)S2. The van der Waals surface area contributed by atoms with E-state index in [0.29, 0.717) is 15.9 Å². The standard InChI is InChI=1S/C21H22ClN5OS/c1-3-6-17-24-25-21-27(17)26-18(14-11-9-13(2)10-12-14)19(29-21)20(28)23-16-8-5-4-7-15(16)22/h4-5,7-12,18-19,26H,3,6H2,1-2H3,(H,23,28). The van der Waals surface area contributed by atoms with Gasteiger partial charge in [0.15, 0.2) is 5.82 Å². The zero-order valence-corrected chi connectivity index (χ0v) is 17.8. The monoisotopic (exact) mass is 427 g/mol. The van der Waals surface area contributed by atoms with E-state index in [0.717, 1.165) is 24.2 Å². The van der Waals surface area contributed by atoms with Crippen molar-refractivity contribution in [3.05, 3.63) is 70.5 Å². The number of aryl methyl sites for hydroxylation is 2. The molecule has 0 radical (unpaired) electrons. The molecule has 1 amide bonds. The summed E-state index contributed by atoms with van der Waals surface area (Å²) in [7, 11) is 0. The minimum atomic E-state index is -0.430. The first-order valence-corrected chi connectivity index (χ1v) is 10.8. The molecule has 8 heteroatoms. The highest BCUT2D eigenvalue weighted by Crippen LogP contribution is 2.38. The molecule has 0 aliphatic carbocycles. The van der Waals surface area contributed by atoms with E-state index in [1.165, 1.54) is 17.3 Å². The van der Waals surface area contributed by atoms with E-state index >= 15 is 0 Å². The molecule has 1 aliphatic rings. The summed E-state index contributed by atoms with van der Waals surface area (Å²) in [6.45, 7) is 4.15. The lowest BCUT2D eigenvalue weighted by Gasteiger charge is -2.33. The Morgan fingerprint density at radius 3 is 2.69 bits per heavy atom. The number of hydrogen-bond donors (Lipinski definition) is 2. The molecule has 2 N–H and O–H groups in total. The van der Waals surface area contributed by atoms with Gasteiger partial charge >= 0.3 is 0 Å². The Labute approximate surface area is 179 Å². The van der Waals surface area contributed by atoms with Crippen LogP contribution in [0.2, 0.25) is 5.02 Å². The smallest absolute Gasteiger partial charge is 0.240 e. The van der Waals surface area contributed by atoms with Crippen LogP contribution in [0.15, 0.2) is 53.7 Å². The molecule has 29 heavy (non-hydrogen) atoms. The highest BCUT2D eigenvalue weighted by atomic mass is 35.5. The molecule has 0 saturated carbocycles. The number of thioether (sulfide) groups is 1. The first-order chi connectivity index (χ1) is 14.1. The van der Waals surface area contributed by atoms with Crippen molar-refractivity contribution in [3.8, 4) is 0 Å². The van der Waals surface area contributed by atoms with Crippen LogP contribution in [0, 0.1) is 6.92 Å². The maximum Gasteiger partial charge on any atom is 0.240 e. The molecule has 0 fully saturated rings. The van der Waals surface area contributed by atoms with Gasteiger partial charge in [-0.25, -0.2) is 4.68 Å². The maximum atomic E-state index is 13.2. The molecule has 0 spiro atoms. The van der Waals surface area contributed by atoms with Crippen LogP contribution < -0.4 is 10.7 Å². The number of halogens is 1. The summed E-state index contributed by atoms with van der Waals surface area (Å²) in [5, 5.41) is 12.3. The number of carbonyl (C=O) groups excluding carboxylic acids is 1. The molecular formula is C21H22ClN5OS. The number of fused-ring (bicyclic) bond motifs is 1. The number of nitrogens with zero attached hydrogens (tertiary/aromatic N) is 3. The van der Waals surface area contributed by atoms with Gasteiger partial charge in [0.2, 0.25) is 11.1 Å². The van der Waals surface area contributed by atoms with Crippen LogP contribution in [0.5, 0.6) is 0 Å². The average Bonchev–Trinajstić information content (AvgIpc) is 3.11.